The lowest BCUT2D eigenvalue weighted by Gasteiger charge is -2.38. The molecule has 1 rings (SSSR count). The molecule has 0 aliphatic heterocycles. The van der Waals surface area contributed by atoms with Crippen molar-refractivity contribution in [1.29, 1.82) is 0 Å². The molecule has 0 heterocycles. The van der Waals surface area contributed by atoms with Gasteiger partial charge >= 0.3 is 0 Å². The van der Waals surface area contributed by atoms with Gasteiger partial charge in [-0.15, -0.1) is 0 Å². The lowest BCUT2D eigenvalue weighted by atomic mass is 10.1. The average Bonchev–Trinajstić information content (AvgIpc) is 2.15. The van der Waals surface area contributed by atoms with Gasteiger partial charge in [-0.1, -0.05) is 39.0 Å². The van der Waals surface area contributed by atoms with Crippen LogP contribution in [0.3, 0.4) is 0 Å². The summed E-state index contributed by atoms with van der Waals surface area (Å²) in [6, 6.07) is 6.84. The van der Waals surface area contributed by atoms with Crippen LogP contribution >= 0.6 is 0 Å². The van der Waals surface area contributed by atoms with Gasteiger partial charge in [0.1, 0.15) is 5.82 Å². The third-order valence-electron chi connectivity index (χ3n) is 3.62. The Morgan fingerprint density at radius 3 is 2.18 bits per heavy atom. The van der Waals surface area contributed by atoms with Crippen molar-refractivity contribution in [3.63, 3.8) is 0 Å². The van der Waals surface area contributed by atoms with Gasteiger partial charge in [0.25, 0.3) is 0 Å². The fraction of sp³-hybridized carbons (Fsp3) is 0.571. The number of hydrogen-bond donors (Lipinski definition) is 0. The van der Waals surface area contributed by atoms with Crippen molar-refractivity contribution >= 4 is 8.32 Å². The van der Waals surface area contributed by atoms with Crippen LogP contribution in [-0.2, 0) is 4.43 Å². The minimum Gasteiger partial charge on any atom is -0.410 e. The predicted octanol–water partition coefficient (Wildman–Crippen LogP) is 4.91. The topological polar surface area (TPSA) is 9.23 Å². The van der Waals surface area contributed by atoms with E-state index in [0.29, 0.717) is 5.56 Å². The summed E-state index contributed by atoms with van der Waals surface area (Å²) in [5, 5.41) is 0.145. The number of halogens is 1. The molecule has 1 nitrogen and oxygen atoms in total. The Bertz CT molecular complexity index is 382. The van der Waals surface area contributed by atoms with E-state index in [2.05, 4.69) is 33.9 Å². The summed E-state index contributed by atoms with van der Waals surface area (Å²) in [4.78, 5) is 0. The summed E-state index contributed by atoms with van der Waals surface area (Å²) in [6.07, 6.45) is -0.183. The Morgan fingerprint density at radius 2 is 1.71 bits per heavy atom. The maximum Gasteiger partial charge on any atom is 0.192 e. The zero-order valence-corrected chi connectivity index (χ0v) is 12.7. The molecular formula is C14H23FOSi. The van der Waals surface area contributed by atoms with Crippen LogP contribution in [-0.4, -0.2) is 8.32 Å². The first-order valence-electron chi connectivity index (χ1n) is 6.07. The second-order valence-corrected chi connectivity index (χ2v) is 10.8. The van der Waals surface area contributed by atoms with Crippen LogP contribution in [0.1, 0.15) is 39.4 Å². The van der Waals surface area contributed by atoms with Crippen molar-refractivity contribution in [3.8, 4) is 0 Å². The Morgan fingerprint density at radius 1 is 1.18 bits per heavy atom. The normalized spacial score (nSPS) is 14.8. The summed E-state index contributed by atoms with van der Waals surface area (Å²) in [6.45, 7) is 12.9. The first-order chi connectivity index (χ1) is 7.65. The third-order valence-corrected chi connectivity index (χ3v) is 8.18. The van der Waals surface area contributed by atoms with Gasteiger partial charge in [-0.05, 0) is 31.1 Å². The molecule has 0 aromatic heterocycles. The van der Waals surface area contributed by atoms with Crippen molar-refractivity contribution < 1.29 is 8.82 Å². The molecule has 0 saturated carbocycles. The fourth-order valence-electron chi connectivity index (χ4n) is 1.49. The van der Waals surface area contributed by atoms with Crippen molar-refractivity contribution in [2.45, 2.75) is 51.9 Å². The van der Waals surface area contributed by atoms with Crippen LogP contribution in [0.25, 0.3) is 0 Å². The fourth-order valence-corrected chi connectivity index (χ4v) is 2.85. The van der Waals surface area contributed by atoms with E-state index in [9.17, 15) is 4.39 Å². The molecule has 1 unspecified atom stereocenters. The van der Waals surface area contributed by atoms with Crippen LogP contribution in [0, 0.1) is 5.82 Å². The summed E-state index contributed by atoms with van der Waals surface area (Å²) < 4.78 is 19.8. The van der Waals surface area contributed by atoms with Gasteiger partial charge in [0.15, 0.2) is 8.32 Å². The van der Waals surface area contributed by atoms with E-state index in [4.69, 9.17) is 4.43 Å². The average molecular weight is 254 g/mol. The summed E-state index contributed by atoms with van der Waals surface area (Å²) in [7, 11) is -1.84. The van der Waals surface area contributed by atoms with E-state index in [1.54, 1.807) is 12.1 Å². The molecule has 1 atom stereocenters. The molecule has 0 aliphatic rings. The molecule has 0 N–H and O–H groups in total. The van der Waals surface area contributed by atoms with E-state index in [0.717, 1.165) is 0 Å². The Kier molecular flexibility index (Phi) is 4.15. The van der Waals surface area contributed by atoms with E-state index in [1.165, 1.54) is 6.07 Å². The molecule has 17 heavy (non-hydrogen) atoms. The number of benzene rings is 1. The standard InChI is InChI=1S/C14H23FOSi/c1-11(12-9-7-8-10-13(12)15)16-17(5,6)14(2,3)4/h7-11H,1-6H3. The highest BCUT2D eigenvalue weighted by Gasteiger charge is 2.38. The molecular weight excluding hydrogens is 231 g/mol. The first-order valence-corrected chi connectivity index (χ1v) is 8.98. The molecule has 0 aliphatic carbocycles. The maximum absolute atomic E-state index is 13.6. The highest BCUT2D eigenvalue weighted by Crippen LogP contribution is 2.39. The van der Waals surface area contributed by atoms with Crippen LogP contribution in [0.5, 0.6) is 0 Å². The molecule has 1 aromatic rings. The maximum atomic E-state index is 13.6. The third kappa shape index (κ3) is 3.39. The predicted molar refractivity (Wildman–Crippen MR) is 73.1 cm³/mol. The molecule has 96 valence electrons. The summed E-state index contributed by atoms with van der Waals surface area (Å²) >= 11 is 0. The summed E-state index contributed by atoms with van der Waals surface area (Å²) in [5.74, 6) is -0.182. The van der Waals surface area contributed by atoms with Crippen LogP contribution < -0.4 is 0 Å². The summed E-state index contributed by atoms with van der Waals surface area (Å²) in [5.41, 5.74) is 0.650. The van der Waals surface area contributed by atoms with E-state index in [-0.39, 0.29) is 17.0 Å². The highest BCUT2D eigenvalue weighted by molar-refractivity contribution is 6.74. The van der Waals surface area contributed by atoms with Gasteiger partial charge in [0, 0.05) is 5.56 Å². The zero-order valence-electron chi connectivity index (χ0n) is 11.7. The Labute approximate surface area is 105 Å². The molecule has 3 heteroatoms. The molecule has 0 saturated heterocycles. The monoisotopic (exact) mass is 254 g/mol. The van der Waals surface area contributed by atoms with Gasteiger partial charge in [0.2, 0.25) is 0 Å². The van der Waals surface area contributed by atoms with Gasteiger partial charge < -0.3 is 4.43 Å². The Hall–Kier alpha value is -0.673. The molecule has 1 aromatic carbocycles. The van der Waals surface area contributed by atoms with Crippen molar-refractivity contribution in [3.05, 3.63) is 35.6 Å². The van der Waals surface area contributed by atoms with Crippen molar-refractivity contribution in [2.75, 3.05) is 0 Å². The largest absolute Gasteiger partial charge is 0.410 e. The highest BCUT2D eigenvalue weighted by atomic mass is 28.4. The molecule has 0 radical (unpaired) electrons. The second kappa shape index (κ2) is 4.90. The van der Waals surface area contributed by atoms with E-state index >= 15 is 0 Å². The SMILES string of the molecule is CC(O[Si](C)(C)C(C)(C)C)c1ccccc1F. The molecule has 0 fully saturated rings. The van der Waals surface area contributed by atoms with E-state index in [1.807, 2.05) is 13.0 Å². The Balaban J connectivity index is 2.87. The molecule has 0 amide bonds. The molecule has 0 bridgehead atoms. The molecule has 0 spiro atoms. The first kappa shape index (κ1) is 14.4. The number of rotatable bonds is 3. The smallest absolute Gasteiger partial charge is 0.192 e. The van der Waals surface area contributed by atoms with Crippen LogP contribution in [0.2, 0.25) is 18.1 Å². The second-order valence-electron chi connectivity index (χ2n) is 6.04. The van der Waals surface area contributed by atoms with Gasteiger partial charge in [0.05, 0.1) is 6.10 Å². The quantitative estimate of drug-likeness (QED) is 0.696. The van der Waals surface area contributed by atoms with Crippen molar-refractivity contribution in [2.24, 2.45) is 0 Å². The minimum atomic E-state index is -1.84. The van der Waals surface area contributed by atoms with Gasteiger partial charge in [-0.25, -0.2) is 4.39 Å². The lowest BCUT2D eigenvalue weighted by Crippen LogP contribution is -2.41. The van der Waals surface area contributed by atoms with Crippen molar-refractivity contribution in [1.82, 2.24) is 0 Å². The van der Waals surface area contributed by atoms with Gasteiger partial charge in [-0.2, -0.15) is 0 Å². The van der Waals surface area contributed by atoms with Gasteiger partial charge in [-0.3, -0.25) is 0 Å². The van der Waals surface area contributed by atoms with Crippen LogP contribution in [0.15, 0.2) is 24.3 Å². The number of hydrogen-bond acceptors (Lipinski definition) is 1. The zero-order chi connectivity index (χ0) is 13.3. The van der Waals surface area contributed by atoms with Crippen LogP contribution in [0.4, 0.5) is 4.39 Å². The minimum absolute atomic E-state index is 0.145. The lowest BCUT2D eigenvalue weighted by molar-refractivity contribution is 0.198. The van der Waals surface area contributed by atoms with E-state index < -0.39 is 8.32 Å².